The molecule has 0 radical (unpaired) electrons. The molecule has 2 aliphatic carbocycles. The number of aryl methyl sites for hydroxylation is 1. The van der Waals surface area contributed by atoms with Crippen LogP contribution in [0.25, 0.3) is 0 Å². The minimum absolute atomic E-state index is 1.03. The Labute approximate surface area is 105 Å². The summed E-state index contributed by atoms with van der Waals surface area (Å²) in [5, 5.41) is 0. The average molecular weight is 226 g/mol. The third-order valence-corrected chi connectivity index (χ3v) is 4.56. The molecule has 2 atom stereocenters. The molecule has 1 aromatic carbocycles. The molecule has 1 aromatic rings. The zero-order valence-electron chi connectivity index (χ0n) is 10.6. The van der Waals surface area contributed by atoms with Gasteiger partial charge in [0.2, 0.25) is 0 Å². The van der Waals surface area contributed by atoms with Crippen molar-refractivity contribution in [3.05, 3.63) is 47.5 Å². The van der Waals surface area contributed by atoms with Gasteiger partial charge in [-0.3, -0.25) is 0 Å². The van der Waals surface area contributed by atoms with E-state index < -0.39 is 0 Å². The van der Waals surface area contributed by atoms with Crippen LogP contribution in [0.4, 0.5) is 0 Å². The SMILES string of the molecule is C1=C2CC(C1)C(CCCCc1ccccc1)C2. The minimum atomic E-state index is 1.03. The highest BCUT2D eigenvalue weighted by Crippen LogP contribution is 2.46. The molecule has 0 nitrogen and oxygen atoms in total. The normalized spacial score (nSPS) is 26.2. The molecule has 0 spiro atoms. The molecule has 0 saturated heterocycles. The molecule has 0 heterocycles. The molecule has 3 rings (SSSR count). The van der Waals surface area contributed by atoms with E-state index in [-0.39, 0.29) is 0 Å². The van der Waals surface area contributed by atoms with Gasteiger partial charge >= 0.3 is 0 Å². The minimum Gasteiger partial charge on any atom is -0.0850 e. The predicted octanol–water partition coefficient (Wildman–Crippen LogP) is 4.76. The average Bonchev–Trinajstić information content (AvgIpc) is 2.98. The van der Waals surface area contributed by atoms with Gasteiger partial charge in [-0.1, -0.05) is 48.4 Å². The molecular weight excluding hydrogens is 204 g/mol. The highest BCUT2D eigenvalue weighted by molar-refractivity contribution is 5.18. The van der Waals surface area contributed by atoms with Crippen molar-refractivity contribution >= 4 is 0 Å². The lowest BCUT2D eigenvalue weighted by molar-refractivity contribution is 0.354. The van der Waals surface area contributed by atoms with Crippen molar-refractivity contribution < 1.29 is 0 Å². The van der Waals surface area contributed by atoms with Crippen LogP contribution in [0.2, 0.25) is 0 Å². The zero-order chi connectivity index (χ0) is 11.5. The van der Waals surface area contributed by atoms with Crippen molar-refractivity contribution in [3.8, 4) is 0 Å². The van der Waals surface area contributed by atoms with Crippen molar-refractivity contribution in [1.29, 1.82) is 0 Å². The third kappa shape index (κ3) is 2.62. The first kappa shape index (κ1) is 11.1. The number of benzene rings is 1. The Morgan fingerprint density at radius 3 is 2.59 bits per heavy atom. The summed E-state index contributed by atoms with van der Waals surface area (Å²) in [6, 6.07) is 10.9. The van der Waals surface area contributed by atoms with Gasteiger partial charge in [0.05, 0.1) is 0 Å². The van der Waals surface area contributed by atoms with Crippen LogP contribution in [0.3, 0.4) is 0 Å². The fourth-order valence-electron chi connectivity index (χ4n) is 3.57. The van der Waals surface area contributed by atoms with E-state index in [0.717, 1.165) is 11.8 Å². The molecule has 1 saturated carbocycles. The van der Waals surface area contributed by atoms with E-state index in [1.165, 1.54) is 50.5 Å². The molecule has 0 heteroatoms. The first-order chi connectivity index (χ1) is 8.42. The number of fused-ring (bicyclic) bond motifs is 2. The molecular formula is C17H22. The van der Waals surface area contributed by atoms with E-state index in [2.05, 4.69) is 36.4 Å². The Morgan fingerprint density at radius 1 is 1.00 bits per heavy atom. The number of allylic oxidation sites excluding steroid dienone is 2. The molecule has 0 aliphatic heterocycles. The van der Waals surface area contributed by atoms with Crippen molar-refractivity contribution in [2.75, 3.05) is 0 Å². The summed E-state index contributed by atoms with van der Waals surface area (Å²) < 4.78 is 0. The fourth-order valence-corrected chi connectivity index (χ4v) is 3.57. The Hall–Kier alpha value is -1.04. The second kappa shape index (κ2) is 5.08. The quantitative estimate of drug-likeness (QED) is 0.502. The summed E-state index contributed by atoms with van der Waals surface area (Å²) in [6.45, 7) is 0. The lowest BCUT2D eigenvalue weighted by Gasteiger charge is -2.18. The van der Waals surface area contributed by atoms with Gasteiger partial charge in [-0.2, -0.15) is 0 Å². The Kier molecular flexibility index (Phi) is 3.31. The number of unbranched alkanes of at least 4 members (excludes halogenated alkanes) is 1. The van der Waals surface area contributed by atoms with Gasteiger partial charge in [-0.25, -0.2) is 0 Å². The third-order valence-electron chi connectivity index (χ3n) is 4.56. The Bertz CT molecular complexity index is 388. The van der Waals surface area contributed by atoms with Crippen LogP contribution in [-0.2, 0) is 6.42 Å². The van der Waals surface area contributed by atoms with E-state index in [1.807, 2.05) is 0 Å². The first-order valence-corrected chi connectivity index (χ1v) is 7.13. The van der Waals surface area contributed by atoms with Crippen molar-refractivity contribution in [1.82, 2.24) is 0 Å². The Balaban J connectivity index is 1.37. The molecule has 0 N–H and O–H groups in total. The van der Waals surface area contributed by atoms with E-state index >= 15 is 0 Å². The standard InChI is InChI=1S/C17H22/c1-2-6-14(7-3-1)8-4-5-9-16-12-15-10-11-17(16)13-15/h1-3,6-7,10,16-17H,4-5,8-9,11-13H2. The van der Waals surface area contributed by atoms with Gasteiger partial charge in [-0.05, 0) is 55.9 Å². The van der Waals surface area contributed by atoms with E-state index in [0.29, 0.717) is 0 Å². The summed E-state index contributed by atoms with van der Waals surface area (Å²) >= 11 is 0. The molecule has 2 bridgehead atoms. The van der Waals surface area contributed by atoms with Gasteiger partial charge in [-0.15, -0.1) is 0 Å². The number of hydrogen-bond donors (Lipinski definition) is 0. The van der Waals surface area contributed by atoms with Crippen LogP contribution in [0.1, 0.15) is 44.1 Å². The maximum Gasteiger partial charge on any atom is -0.0279 e. The predicted molar refractivity (Wildman–Crippen MR) is 72.9 cm³/mol. The van der Waals surface area contributed by atoms with Gasteiger partial charge in [0, 0.05) is 0 Å². The van der Waals surface area contributed by atoms with Gasteiger partial charge < -0.3 is 0 Å². The lowest BCUT2D eigenvalue weighted by atomic mass is 9.87. The Morgan fingerprint density at radius 2 is 1.88 bits per heavy atom. The van der Waals surface area contributed by atoms with Gasteiger partial charge in [0.25, 0.3) is 0 Å². The summed E-state index contributed by atoms with van der Waals surface area (Å²) in [6.07, 6.45) is 12.3. The van der Waals surface area contributed by atoms with E-state index in [9.17, 15) is 0 Å². The van der Waals surface area contributed by atoms with Gasteiger partial charge in [0.1, 0.15) is 0 Å². The van der Waals surface area contributed by atoms with Crippen LogP contribution >= 0.6 is 0 Å². The van der Waals surface area contributed by atoms with E-state index in [4.69, 9.17) is 0 Å². The van der Waals surface area contributed by atoms with Crippen molar-refractivity contribution in [2.24, 2.45) is 11.8 Å². The summed E-state index contributed by atoms with van der Waals surface area (Å²) in [5.74, 6) is 2.06. The zero-order valence-corrected chi connectivity index (χ0v) is 10.6. The molecule has 0 aromatic heterocycles. The summed E-state index contributed by atoms with van der Waals surface area (Å²) in [4.78, 5) is 0. The van der Waals surface area contributed by atoms with Crippen molar-refractivity contribution in [2.45, 2.75) is 44.9 Å². The highest BCUT2D eigenvalue weighted by Gasteiger charge is 2.32. The molecule has 2 aliphatic rings. The second-order valence-electron chi connectivity index (χ2n) is 5.76. The molecule has 90 valence electrons. The molecule has 1 fully saturated rings. The van der Waals surface area contributed by atoms with Crippen LogP contribution in [0.5, 0.6) is 0 Å². The van der Waals surface area contributed by atoms with Crippen molar-refractivity contribution in [3.63, 3.8) is 0 Å². The monoisotopic (exact) mass is 226 g/mol. The van der Waals surface area contributed by atoms with Gasteiger partial charge in [0.15, 0.2) is 0 Å². The number of rotatable bonds is 5. The molecule has 2 unspecified atom stereocenters. The van der Waals surface area contributed by atoms with E-state index in [1.54, 1.807) is 5.57 Å². The maximum atomic E-state index is 2.49. The number of hydrogen-bond acceptors (Lipinski definition) is 0. The first-order valence-electron chi connectivity index (χ1n) is 7.13. The second-order valence-corrected chi connectivity index (χ2v) is 5.76. The smallest absolute Gasteiger partial charge is 0.0279 e. The summed E-state index contributed by atoms with van der Waals surface area (Å²) in [5.41, 5.74) is 3.27. The van der Waals surface area contributed by atoms with Crippen LogP contribution in [0.15, 0.2) is 42.0 Å². The topological polar surface area (TPSA) is 0 Å². The highest BCUT2D eigenvalue weighted by atomic mass is 14.4. The van der Waals surface area contributed by atoms with Crippen LogP contribution in [0, 0.1) is 11.8 Å². The fraction of sp³-hybridized carbons (Fsp3) is 0.529. The van der Waals surface area contributed by atoms with Crippen LogP contribution in [-0.4, -0.2) is 0 Å². The molecule has 17 heavy (non-hydrogen) atoms. The maximum absolute atomic E-state index is 2.49. The lowest BCUT2D eigenvalue weighted by Crippen LogP contribution is -2.07. The molecule has 0 amide bonds. The largest absolute Gasteiger partial charge is 0.0850 e. The summed E-state index contributed by atoms with van der Waals surface area (Å²) in [7, 11) is 0. The van der Waals surface area contributed by atoms with Crippen LogP contribution < -0.4 is 0 Å².